The number of halogens is 1. The minimum atomic E-state index is -0.188. The van der Waals surface area contributed by atoms with Crippen molar-refractivity contribution in [3.63, 3.8) is 0 Å². The fourth-order valence-corrected chi connectivity index (χ4v) is 2.17. The van der Waals surface area contributed by atoms with Gasteiger partial charge in [-0.05, 0) is 17.5 Å². The molecule has 112 valence electrons. The Kier molecular flexibility index (Phi) is 5.63. The number of nitrogens with zero attached hydrogens (tertiary/aromatic N) is 2. The zero-order valence-corrected chi connectivity index (χ0v) is 12.7. The van der Waals surface area contributed by atoms with E-state index in [2.05, 4.69) is 22.5 Å². The minimum absolute atomic E-state index is 0.188. The van der Waals surface area contributed by atoms with Crippen LogP contribution in [0.2, 0.25) is 5.02 Å². The number of imidazole rings is 1. The normalized spacial score (nSPS) is 11.9. The first-order valence-corrected chi connectivity index (χ1v) is 7.24. The molecule has 2 aromatic rings. The van der Waals surface area contributed by atoms with E-state index in [0.717, 1.165) is 12.1 Å². The maximum absolute atomic E-state index is 11.8. The molecule has 2 rings (SSSR count). The van der Waals surface area contributed by atoms with Crippen LogP contribution in [-0.4, -0.2) is 22.1 Å². The van der Waals surface area contributed by atoms with Gasteiger partial charge in [-0.2, -0.15) is 0 Å². The Balaban J connectivity index is 1.69. The quantitative estimate of drug-likeness (QED) is 0.862. The number of carbonyl (C=O) groups excluding carboxylic acids is 1. The van der Waals surface area contributed by atoms with Gasteiger partial charge in [0.05, 0.1) is 6.33 Å². The third-order valence-electron chi connectivity index (χ3n) is 3.09. The summed E-state index contributed by atoms with van der Waals surface area (Å²) >= 11 is 6.03. The standard InChI is InChI=1S/C15H19ClN4O/c1-12(10-20-7-6-17-11-20)8-18-15(21)19-9-13-4-2-3-5-14(13)16/h2-7,11-12H,8-10H2,1H3,(H2,18,19,21)/t12-/m1/s1. The second kappa shape index (κ2) is 7.69. The van der Waals surface area contributed by atoms with Crippen LogP contribution >= 0.6 is 11.6 Å². The number of nitrogens with one attached hydrogen (secondary N) is 2. The maximum Gasteiger partial charge on any atom is 0.315 e. The second-order valence-corrected chi connectivity index (χ2v) is 5.43. The molecular formula is C15H19ClN4O. The Hall–Kier alpha value is -2.01. The van der Waals surface area contributed by atoms with Crippen molar-refractivity contribution >= 4 is 17.6 Å². The number of hydrogen-bond acceptors (Lipinski definition) is 2. The Morgan fingerprint density at radius 1 is 1.38 bits per heavy atom. The van der Waals surface area contributed by atoms with Crippen molar-refractivity contribution in [3.05, 3.63) is 53.6 Å². The van der Waals surface area contributed by atoms with Crippen molar-refractivity contribution in [2.24, 2.45) is 5.92 Å². The maximum atomic E-state index is 11.8. The fraction of sp³-hybridized carbons (Fsp3) is 0.333. The first kappa shape index (κ1) is 15.4. The summed E-state index contributed by atoms with van der Waals surface area (Å²) in [5, 5.41) is 6.32. The van der Waals surface area contributed by atoms with E-state index in [9.17, 15) is 4.79 Å². The fourth-order valence-electron chi connectivity index (χ4n) is 1.97. The van der Waals surface area contributed by atoms with Crippen LogP contribution in [0, 0.1) is 5.92 Å². The molecule has 1 aromatic heterocycles. The number of benzene rings is 1. The third-order valence-corrected chi connectivity index (χ3v) is 3.46. The van der Waals surface area contributed by atoms with E-state index in [-0.39, 0.29) is 6.03 Å². The Morgan fingerprint density at radius 3 is 2.90 bits per heavy atom. The van der Waals surface area contributed by atoms with E-state index >= 15 is 0 Å². The monoisotopic (exact) mass is 306 g/mol. The van der Waals surface area contributed by atoms with Crippen LogP contribution in [0.15, 0.2) is 43.0 Å². The summed E-state index contributed by atoms with van der Waals surface area (Å²) in [7, 11) is 0. The molecule has 0 aliphatic heterocycles. The molecule has 2 amide bonds. The van der Waals surface area contributed by atoms with Gasteiger partial charge in [0.15, 0.2) is 0 Å². The molecule has 0 aliphatic rings. The van der Waals surface area contributed by atoms with Crippen LogP contribution in [0.1, 0.15) is 12.5 Å². The van der Waals surface area contributed by atoms with E-state index < -0.39 is 0 Å². The van der Waals surface area contributed by atoms with Crippen LogP contribution in [-0.2, 0) is 13.1 Å². The van der Waals surface area contributed by atoms with E-state index in [1.807, 2.05) is 35.0 Å². The molecular weight excluding hydrogens is 288 g/mol. The highest BCUT2D eigenvalue weighted by Gasteiger charge is 2.06. The van der Waals surface area contributed by atoms with Crippen LogP contribution in [0.5, 0.6) is 0 Å². The number of urea groups is 1. The van der Waals surface area contributed by atoms with Crippen LogP contribution in [0.3, 0.4) is 0 Å². The van der Waals surface area contributed by atoms with Gasteiger partial charge in [-0.15, -0.1) is 0 Å². The topological polar surface area (TPSA) is 59.0 Å². The lowest BCUT2D eigenvalue weighted by molar-refractivity contribution is 0.238. The molecule has 0 fully saturated rings. The zero-order chi connectivity index (χ0) is 15.1. The highest BCUT2D eigenvalue weighted by molar-refractivity contribution is 6.31. The SMILES string of the molecule is C[C@H](CNC(=O)NCc1ccccc1Cl)Cn1ccnc1. The number of rotatable bonds is 6. The Labute approximate surface area is 129 Å². The van der Waals surface area contributed by atoms with E-state index in [0.29, 0.717) is 24.0 Å². The molecule has 0 unspecified atom stereocenters. The Morgan fingerprint density at radius 2 is 2.19 bits per heavy atom. The van der Waals surface area contributed by atoms with Crippen LogP contribution in [0.4, 0.5) is 4.79 Å². The van der Waals surface area contributed by atoms with Gasteiger partial charge in [0.1, 0.15) is 0 Å². The van der Waals surface area contributed by atoms with Gasteiger partial charge in [-0.25, -0.2) is 9.78 Å². The van der Waals surface area contributed by atoms with Gasteiger partial charge in [-0.1, -0.05) is 36.7 Å². The summed E-state index contributed by atoms with van der Waals surface area (Å²) < 4.78 is 1.99. The molecule has 1 atom stereocenters. The van der Waals surface area contributed by atoms with E-state index in [1.165, 1.54) is 0 Å². The van der Waals surface area contributed by atoms with E-state index in [4.69, 9.17) is 11.6 Å². The van der Waals surface area contributed by atoms with Crippen molar-refractivity contribution in [2.75, 3.05) is 6.54 Å². The third kappa shape index (κ3) is 5.11. The number of amides is 2. The van der Waals surface area contributed by atoms with Gasteiger partial charge >= 0.3 is 6.03 Å². The number of aromatic nitrogens is 2. The van der Waals surface area contributed by atoms with E-state index in [1.54, 1.807) is 12.5 Å². The first-order valence-electron chi connectivity index (χ1n) is 6.86. The van der Waals surface area contributed by atoms with Gasteiger partial charge in [-0.3, -0.25) is 0 Å². The highest BCUT2D eigenvalue weighted by atomic mass is 35.5. The van der Waals surface area contributed by atoms with Gasteiger partial charge in [0, 0.05) is 37.1 Å². The van der Waals surface area contributed by atoms with Gasteiger partial charge in [0.25, 0.3) is 0 Å². The molecule has 0 spiro atoms. The smallest absolute Gasteiger partial charge is 0.315 e. The summed E-state index contributed by atoms with van der Waals surface area (Å²) in [5.74, 6) is 0.324. The molecule has 5 nitrogen and oxygen atoms in total. The summed E-state index contributed by atoms with van der Waals surface area (Å²) in [5.41, 5.74) is 0.904. The molecule has 0 saturated carbocycles. The van der Waals surface area contributed by atoms with Gasteiger partial charge < -0.3 is 15.2 Å². The average Bonchev–Trinajstić information content (AvgIpc) is 2.97. The molecule has 0 bridgehead atoms. The largest absolute Gasteiger partial charge is 0.338 e. The van der Waals surface area contributed by atoms with Crippen molar-refractivity contribution in [1.29, 1.82) is 0 Å². The first-order chi connectivity index (χ1) is 10.1. The summed E-state index contributed by atoms with van der Waals surface area (Å²) in [6.07, 6.45) is 5.43. The minimum Gasteiger partial charge on any atom is -0.338 e. The molecule has 0 saturated heterocycles. The zero-order valence-electron chi connectivity index (χ0n) is 11.9. The lowest BCUT2D eigenvalue weighted by atomic mass is 10.2. The molecule has 1 aromatic carbocycles. The predicted molar refractivity (Wildman–Crippen MR) is 83.1 cm³/mol. The van der Waals surface area contributed by atoms with Crippen molar-refractivity contribution in [1.82, 2.24) is 20.2 Å². The Bertz CT molecular complexity index is 571. The van der Waals surface area contributed by atoms with Crippen LogP contribution < -0.4 is 10.6 Å². The molecule has 6 heteroatoms. The molecule has 0 aliphatic carbocycles. The van der Waals surface area contributed by atoms with Crippen molar-refractivity contribution in [3.8, 4) is 0 Å². The van der Waals surface area contributed by atoms with Crippen LogP contribution in [0.25, 0.3) is 0 Å². The second-order valence-electron chi connectivity index (χ2n) is 5.02. The van der Waals surface area contributed by atoms with Crippen molar-refractivity contribution < 1.29 is 4.79 Å². The summed E-state index contributed by atoms with van der Waals surface area (Å²) in [4.78, 5) is 15.7. The lowest BCUT2D eigenvalue weighted by Crippen LogP contribution is -2.38. The number of carbonyl (C=O) groups is 1. The highest BCUT2D eigenvalue weighted by Crippen LogP contribution is 2.14. The summed E-state index contributed by atoms with van der Waals surface area (Å²) in [6.45, 7) is 3.92. The lowest BCUT2D eigenvalue weighted by Gasteiger charge is -2.14. The molecule has 1 heterocycles. The van der Waals surface area contributed by atoms with Gasteiger partial charge in [0.2, 0.25) is 0 Å². The average molecular weight is 307 g/mol. The van der Waals surface area contributed by atoms with Crippen molar-refractivity contribution in [2.45, 2.75) is 20.0 Å². The number of hydrogen-bond donors (Lipinski definition) is 2. The molecule has 2 N–H and O–H groups in total. The molecule has 0 radical (unpaired) electrons. The molecule has 21 heavy (non-hydrogen) atoms. The predicted octanol–water partition coefficient (Wildman–Crippen LogP) is 2.67. The summed E-state index contributed by atoms with van der Waals surface area (Å²) in [6, 6.07) is 7.28.